The topological polar surface area (TPSA) is 60.0 Å². The largest absolute Gasteiger partial charge is 0.337 e. The van der Waals surface area contributed by atoms with Crippen LogP contribution in [0, 0.1) is 0 Å². The monoisotopic (exact) mass is 265 g/mol. The number of rotatable bonds is 5. The quantitative estimate of drug-likeness (QED) is 0.890. The molecule has 0 spiro atoms. The molecule has 0 fully saturated rings. The fourth-order valence-corrected chi connectivity index (χ4v) is 2.50. The smallest absolute Gasteiger partial charge is 0.122 e. The molecule has 2 heterocycles. The van der Waals surface area contributed by atoms with Crippen LogP contribution in [0.5, 0.6) is 0 Å². The molecule has 0 amide bonds. The molecule has 0 bridgehead atoms. The highest BCUT2D eigenvalue weighted by molar-refractivity contribution is 7.09. The van der Waals surface area contributed by atoms with Crippen LogP contribution in [0.2, 0.25) is 0 Å². The zero-order valence-electron chi connectivity index (χ0n) is 11.0. The Labute approximate surface area is 111 Å². The third-order valence-electron chi connectivity index (χ3n) is 2.72. The summed E-state index contributed by atoms with van der Waals surface area (Å²) in [7, 11) is 4.08. The van der Waals surface area contributed by atoms with Gasteiger partial charge in [-0.05, 0) is 14.0 Å². The third-order valence-corrected chi connectivity index (χ3v) is 3.82. The summed E-state index contributed by atoms with van der Waals surface area (Å²) in [5.41, 5.74) is 6.88. The second-order valence-corrected chi connectivity index (χ2v) is 5.48. The van der Waals surface area contributed by atoms with Gasteiger partial charge in [-0.15, -0.1) is 11.3 Å². The first-order chi connectivity index (χ1) is 8.56. The molecule has 2 aromatic rings. The fourth-order valence-electron chi connectivity index (χ4n) is 1.73. The third kappa shape index (κ3) is 3.16. The van der Waals surface area contributed by atoms with Gasteiger partial charge >= 0.3 is 0 Å². The molecular weight excluding hydrogens is 246 g/mol. The summed E-state index contributed by atoms with van der Waals surface area (Å²) in [5.74, 6) is 1.06. The Bertz CT molecular complexity index is 502. The van der Waals surface area contributed by atoms with E-state index in [4.69, 9.17) is 5.73 Å². The number of hydrogen-bond acceptors (Lipinski definition) is 5. The van der Waals surface area contributed by atoms with E-state index in [9.17, 15) is 0 Å². The highest BCUT2D eigenvalue weighted by Gasteiger charge is 2.09. The number of nitrogens with zero attached hydrogens (tertiary/aromatic N) is 4. The first-order valence-electron chi connectivity index (χ1n) is 5.91. The predicted molar refractivity (Wildman–Crippen MR) is 73.1 cm³/mol. The van der Waals surface area contributed by atoms with Crippen molar-refractivity contribution in [1.82, 2.24) is 19.4 Å². The molecule has 0 aliphatic carbocycles. The molecule has 0 aliphatic heterocycles. The Morgan fingerprint density at radius 2 is 2.28 bits per heavy atom. The van der Waals surface area contributed by atoms with E-state index in [1.165, 1.54) is 0 Å². The summed E-state index contributed by atoms with van der Waals surface area (Å²) < 4.78 is 2.03. The van der Waals surface area contributed by atoms with Gasteiger partial charge in [0.2, 0.25) is 0 Å². The van der Waals surface area contributed by atoms with Gasteiger partial charge < -0.3 is 10.3 Å². The fraction of sp³-hybridized carbons (Fsp3) is 0.500. The zero-order valence-corrected chi connectivity index (χ0v) is 11.8. The minimum Gasteiger partial charge on any atom is -0.337 e. The van der Waals surface area contributed by atoms with Crippen molar-refractivity contribution in [2.45, 2.75) is 26.1 Å². The van der Waals surface area contributed by atoms with Crippen LogP contribution in [-0.4, -0.2) is 26.5 Å². The van der Waals surface area contributed by atoms with Crippen molar-refractivity contribution in [3.8, 4) is 0 Å². The van der Waals surface area contributed by atoms with Gasteiger partial charge in [0.15, 0.2) is 0 Å². The molecule has 0 aliphatic rings. The van der Waals surface area contributed by atoms with Crippen LogP contribution in [0.4, 0.5) is 0 Å². The Hall–Kier alpha value is -1.24. The molecule has 1 unspecified atom stereocenters. The molecule has 0 saturated carbocycles. The number of imidazole rings is 1. The average molecular weight is 265 g/mol. The molecular formula is C12H19N5S. The molecule has 6 heteroatoms. The lowest BCUT2D eigenvalue weighted by atomic mass is 10.4. The minimum absolute atomic E-state index is 0.0172. The van der Waals surface area contributed by atoms with E-state index in [0.717, 1.165) is 29.6 Å². The van der Waals surface area contributed by atoms with Gasteiger partial charge in [0.1, 0.15) is 10.8 Å². The maximum Gasteiger partial charge on any atom is 0.122 e. The summed E-state index contributed by atoms with van der Waals surface area (Å²) in [6.07, 6.45) is 3.78. The first kappa shape index (κ1) is 13.2. The van der Waals surface area contributed by atoms with Crippen molar-refractivity contribution in [2.75, 3.05) is 7.05 Å². The van der Waals surface area contributed by atoms with Crippen LogP contribution < -0.4 is 5.73 Å². The summed E-state index contributed by atoms with van der Waals surface area (Å²) >= 11 is 1.63. The van der Waals surface area contributed by atoms with Crippen LogP contribution in [0.15, 0.2) is 17.8 Å². The minimum atomic E-state index is 0.0172. The van der Waals surface area contributed by atoms with E-state index in [0.29, 0.717) is 0 Å². The Morgan fingerprint density at radius 1 is 1.50 bits per heavy atom. The number of nitrogens with two attached hydrogens (primary N) is 1. The normalized spacial score (nSPS) is 13.2. The van der Waals surface area contributed by atoms with E-state index in [1.54, 1.807) is 11.3 Å². The maximum atomic E-state index is 5.81. The lowest BCUT2D eigenvalue weighted by molar-refractivity contribution is 0.304. The van der Waals surface area contributed by atoms with Crippen molar-refractivity contribution in [3.63, 3.8) is 0 Å². The standard InChI is InChI=1S/C12H19N5S/c1-9(13)12-15-10(8-18-12)6-16(2)7-11-14-4-5-17(11)3/h4-5,8-9H,6-7,13H2,1-3H3. The highest BCUT2D eigenvalue weighted by atomic mass is 32.1. The van der Waals surface area contributed by atoms with Gasteiger partial charge in [-0.1, -0.05) is 0 Å². The molecule has 98 valence electrons. The number of thiazole rings is 1. The number of aryl methyl sites for hydroxylation is 1. The van der Waals surface area contributed by atoms with Gasteiger partial charge in [-0.3, -0.25) is 4.90 Å². The molecule has 0 radical (unpaired) electrons. The lowest BCUT2D eigenvalue weighted by Gasteiger charge is -2.14. The molecule has 18 heavy (non-hydrogen) atoms. The Kier molecular flexibility index (Phi) is 4.11. The first-order valence-corrected chi connectivity index (χ1v) is 6.79. The highest BCUT2D eigenvalue weighted by Crippen LogP contribution is 2.17. The molecule has 2 aromatic heterocycles. The van der Waals surface area contributed by atoms with Crippen LogP contribution in [0.3, 0.4) is 0 Å². The predicted octanol–water partition coefficient (Wildman–Crippen LogP) is 1.53. The summed E-state index contributed by atoms with van der Waals surface area (Å²) in [6, 6.07) is 0.0172. The Balaban J connectivity index is 1.94. The molecule has 2 rings (SSSR count). The van der Waals surface area contributed by atoms with Crippen molar-refractivity contribution < 1.29 is 0 Å². The van der Waals surface area contributed by atoms with Crippen molar-refractivity contribution >= 4 is 11.3 Å². The summed E-state index contributed by atoms with van der Waals surface area (Å²) in [5, 5.41) is 3.07. The van der Waals surface area contributed by atoms with Gasteiger partial charge in [-0.25, -0.2) is 9.97 Å². The van der Waals surface area contributed by atoms with Crippen molar-refractivity contribution in [3.05, 3.63) is 34.3 Å². The maximum absolute atomic E-state index is 5.81. The second kappa shape index (κ2) is 5.60. The molecule has 1 atom stereocenters. The molecule has 0 aromatic carbocycles. The summed E-state index contributed by atoms with van der Waals surface area (Å²) in [6.45, 7) is 3.59. The van der Waals surface area contributed by atoms with Gasteiger partial charge in [-0.2, -0.15) is 0 Å². The summed E-state index contributed by atoms with van der Waals surface area (Å²) in [4.78, 5) is 11.0. The number of aromatic nitrogens is 3. The Morgan fingerprint density at radius 3 is 2.83 bits per heavy atom. The van der Waals surface area contributed by atoms with E-state index >= 15 is 0 Å². The van der Waals surface area contributed by atoms with E-state index in [-0.39, 0.29) is 6.04 Å². The van der Waals surface area contributed by atoms with Gasteiger partial charge in [0.05, 0.1) is 18.3 Å². The molecule has 2 N–H and O–H groups in total. The van der Waals surface area contributed by atoms with Crippen LogP contribution in [0.1, 0.15) is 29.5 Å². The van der Waals surface area contributed by atoms with Crippen LogP contribution in [0.25, 0.3) is 0 Å². The lowest BCUT2D eigenvalue weighted by Crippen LogP contribution is -2.19. The van der Waals surface area contributed by atoms with Crippen LogP contribution >= 0.6 is 11.3 Å². The van der Waals surface area contributed by atoms with E-state index in [2.05, 4.69) is 27.3 Å². The van der Waals surface area contributed by atoms with Gasteiger partial charge in [0.25, 0.3) is 0 Å². The van der Waals surface area contributed by atoms with Crippen molar-refractivity contribution in [2.24, 2.45) is 12.8 Å². The van der Waals surface area contributed by atoms with E-state index < -0.39 is 0 Å². The molecule has 0 saturated heterocycles. The molecule has 5 nitrogen and oxygen atoms in total. The SMILES string of the molecule is CC(N)c1nc(CN(C)Cc2nccn2C)cs1. The van der Waals surface area contributed by atoms with Crippen LogP contribution in [-0.2, 0) is 20.1 Å². The average Bonchev–Trinajstić information content (AvgIpc) is 2.89. The second-order valence-electron chi connectivity index (χ2n) is 4.59. The zero-order chi connectivity index (χ0) is 13.1. The number of hydrogen-bond donors (Lipinski definition) is 1. The van der Waals surface area contributed by atoms with Crippen molar-refractivity contribution in [1.29, 1.82) is 0 Å². The van der Waals surface area contributed by atoms with Gasteiger partial charge in [0, 0.05) is 31.4 Å². The van der Waals surface area contributed by atoms with E-state index in [1.807, 2.05) is 30.9 Å².